The minimum atomic E-state index is -3.50. The number of sulfonamides is 1. The summed E-state index contributed by atoms with van der Waals surface area (Å²) in [6, 6.07) is 12.9. The standard InChI is InChI=1S/C18H20FNO4S/c1-23-17-8-4-15(5-9-17)18-12-20(10-11-24-18)25(21,22)13-14-2-6-16(19)7-3-14/h2-9,18H,10-13H2,1H3. The van der Waals surface area contributed by atoms with Gasteiger partial charge in [-0.1, -0.05) is 24.3 Å². The summed E-state index contributed by atoms with van der Waals surface area (Å²) in [5.41, 5.74) is 1.47. The van der Waals surface area contributed by atoms with E-state index < -0.39 is 10.0 Å². The number of methoxy groups -OCH3 is 1. The number of nitrogens with zero attached hydrogens (tertiary/aromatic N) is 1. The lowest BCUT2D eigenvalue weighted by Crippen LogP contribution is -2.42. The maximum absolute atomic E-state index is 13.0. The second kappa shape index (κ2) is 7.51. The smallest absolute Gasteiger partial charge is 0.218 e. The molecule has 0 radical (unpaired) electrons. The summed E-state index contributed by atoms with van der Waals surface area (Å²) >= 11 is 0. The predicted octanol–water partition coefficient (Wildman–Crippen LogP) is 2.74. The maximum atomic E-state index is 13.0. The van der Waals surface area contributed by atoms with Gasteiger partial charge in [0.15, 0.2) is 0 Å². The number of morpholine rings is 1. The third kappa shape index (κ3) is 4.36. The van der Waals surface area contributed by atoms with E-state index in [-0.39, 0.29) is 24.2 Å². The lowest BCUT2D eigenvalue weighted by Gasteiger charge is -2.32. The molecule has 134 valence electrons. The first-order valence-electron chi connectivity index (χ1n) is 7.96. The number of rotatable bonds is 5. The molecule has 2 aromatic rings. The number of ether oxygens (including phenoxy) is 2. The van der Waals surface area contributed by atoms with Gasteiger partial charge in [0.2, 0.25) is 10.0 Å². The Morgan fingerprint density at radius 3 is 2.48 bits per heavy atom. The van der Waals surface area contributed by atoms with E-state index in [1.54, 1.807) is 7.11 Å². The molecule has 1 heterocycles. The Morgan fingerprint density at radius 1 is 1.16 bits per heavy atom. The zero-order valence-electron chi connectivity index (χ0n) is 13.9. The molecule has 1 unspecified atom stereocenters. The third-order valence-electron chi connectivity index (χ3n) is 4.17. The molecule has 1 aliphatic rings. The molecular formula is C18H20FNO4S. The summed E-state index contributed by atoms with van der Waals surface area (Å²) in [5, 5.41) is 0. The molecule has 3 rings (SSSR count). The monoisotopic (exact) mass is 365 g/mol. The fourth-order valence-electron chi connectivity index (χ4n) is 2.78. The van der Waals surface area contributed by atoms with E-state index in [2.05, 4.69) is 0 Å². The Balaban J connectivity index is 1.71. The van der Waals surface area contributed by atoms with Crippen molar-refractivity contribution in [3.63, 3.8) is 0 Å². The van der Waals surface area contributed by atoms with Crippen LogP contribution in [0.2, 0.25) is 0 Å². The third-order valence-corrected chi connectivity index (χ3v) is 5.99. The van der Waals surface area contributed by atoms with Gasteiger partial charge < -0.3 is 9.47 Å². The van der Waals surface area contributed by atoms with Crippen molar-refractivity contribution in [2.45, 2.75) is 11.9 Å². The summed E-state index contributed by atoms with van der Waals surface area (Å²) in [4.78, 5) is 0. The summed E-state index contributed by atoms with van der Waals surface area (Å²) in [6.45, 7) is 0.908. The Hall–Kier alpha value is -1.96. The zero-order valence-corrected chi connectivity index (χ0v) is 14.7. The van der Waals surface area contributed by atoms with E-state index in [9.17, 15) is 12.8 Å². The van der Waals surface area contributed by atoms with Gasteiger partial charge in [0.1, 0.15) is 11.6 Å². The number of hydrogen-bond donors (Lipinski definition) is 0. The fourth-order valence-corrected chi connectivity index (χ4v) is 4.29. The lowest BCUT2D eigenvalue weighted by atomic mass is 10.1. The highest BCUT2D eigenvalue weighted by molar-refractivity contribution is 7.88. The van der Waals surface area contributed by atoms with Gasteiger partial charge in [0, 0.05) is 13.1 Å². The van der Waals surface area contributed by atoms with Crippen LogP contribution in [0.5, 0.6) is 5.75 Å². The van der Waals surface area contributed by atoms with Gasteiger partial charge in [-0.3, -0.25) is 0 Å². The Morgan fingerprint density at radius 2 is 1.84 bits per heavy atom. The second-order valence-corrected chi connectivity index (χ2v) is 7.84. The van der Waals surface area contributed by atoms with Crippen LogP contribution in [0.15, 0.2) is 48.5 Å². The zero-order chi connectivity index (χ0) is 17.9. The Labute approximate surface area is 147 Å². The minimum Gasteiger partial charge on any atom is -0.497 e. The van der Waals surface area contributed by atoms with Crippen LogP contribution in [-0.4, -0.2) is 39.5 Å². The molecule has 7 heteroatoms. The quantitative estimate of drug-likeness (QED) is 0.818. The van der Waals surface area contributed by atoms with Crippen LogP contribution in [0.4, 0.5) is 4.39 Å². The van der Waals surface area contributed by atoms with Crippen LogP contribution in [0.1, 0.15) is 17.2 Å². The van der Waals surface area contributed by atoms with E-state index >= 15 is 0 Å². The number of benzene rings is 2. The van der Waals surface area contributed by atoms with Gasteiger partial charge in [-0.2, -0.15) is 4.31 Å². The van der Waals surface area contributed by atoms with E-state index in [1.165, 1.54) is 28.6 Å². The van der Waals surface area contributed by atoms with Crippen molar-refractivity contribution in [3.8, 4) is 5.75 Å². The topological polar surface area (TPSA) is 55.8 Å². The summed E-state index contributed by atoms with van der Waals surface area (Å²) < 4.78 is 50.6. The molecule has 0 N–H and O–H groups in total. The molecule has 0 spiro atoms. The van der Waals surface area contributed by atoms with Gasteiger partial charge >= 0.3 is 0 Å². The van der Waals surface area contributed by atoms with E-state index in [1.807, 2.05) is 24.3 Å². The molecule has 0 aromatic heterocycles. The normalized spacial score (nSPS) is 18.9. The minimum absolute atomic E-state index is 0.150. The summed E-state index contributed by atoms with van der Waals surface area (Å²) in [7, 11) is -1.90. The Kier molecular flexibility index (Phi) is 5.36. The van der Waals surface area contributed by atoms with Crippen LogP contribution >= 0.6 is 0 Å². The summed E-state index contributed by atoms with van der Waals surface area (Å²) in [5.74, 6) is 0.204. The van der Waals surface area contributed by atoms with Gasteiger partial charge in [0.25, 0.3) is 0 Å². The maximum Gasteiger partial charge on any atom is 0.218 e. The molecule has 0 aliphatic carbocycles. The number of hydrogen-bond acceptors (Lipinski definition) is 4. The highest BCUT2D eigenvalue weighted by Crippen LogP contribution is 2.26. The molecule has 1 fully saturated rings. The lowest BCUT2D eigenvalue weighted by molar-refractivity contribution is -0.00262. The number of halogens is 1. The van der Waals surface area contributed by atoms with Gasteiger partial charge in [-0.25, -0.2) is 12.8 Å². The second-order valence-electron chi connectivity index (χ2n) is 5.87. The first-order valence-corrected chi connectivity index (χ1v) is 9.57. The van der Waals surface area contributed by atoms with Gasteiger partial charge in [-0.05, 0) is 35.4 Å². The molecule has 0 bridgehead atoms. The van der Waals surface area contributed by atoms with Crippen molar-refractivity contribution in [2.75, 3.05) is 26.8 Å². The summed E-state index contributed by atoms with van der Waals surface area (Å²) in [6.07, 6.45) is -0.317. The first-order chi connectivity index (χ1) is 12.0. The van der Waals surface area contributed by atoms with E-state index in [0.717, 1.165) is 11.3 Å². The average Bonchev–Trinajstić information content (AvgIpc) is 2.64. The highest BCUT2D eigenvalue weighted by Gasteiger charge is 2.30. The van der Waals surface area contributed by atoms with Crippen LogP contribution in [0, 0.1) is 5.82 Å². The molecule has 2 aromatic carbocycles. The van der Waals surface area contributed by atoms with Gasteiger partial charge in [-0.15, -0.1) is 0 Å². The van der Waals surface area contributed by atoms with Crippen molar-refractivity contribution in [1.29, 1.82) is 0 Å². The van der Waals surface area contributed by atoms with Crippen molar-refractivity contribution in [1.82, 2.24) is 4.31 Å². The van der Waals surface area contributed by atoms with Crippen molar-refractivity contribution < 1.29 is 22.3 Å². The molecule has 1 aliphatic heterocycles. The van der Waals surface area contributed by atoms with E-state index in [4.69, 9.17) is 9.47 Å². The molecule has 5 nitrogen and oxygen atoms in total. The molecule has 0 amide bonds. The molecule has 1 atom stereocenters. The molecule has 0 saturated carbocycles. The fraction of sp³-hybridized carbons (Fsp3) is 0.333. The van der Waals surface area contributed by atoms with Crippen molar-refractivity contribution in [2.24, 2.45) is 0 Å². The van der Waals surface area contributed by atoms with Crippen LogP contribution in [0.3, 0.4) is 0 Å². The SMILES string of the molecule is COc1ccc(C2CN(S(=O)(=O)Cc3ccc(F)cc3)CCO2)cc1. The highest BCUT2D eigenvalue weighted by atomic mass is 32.2. The molecular weight excluding hydrogens is 345 g/mol. The van der Waals surface area contributed by atoms with E-state index in [0.29, 0.717) is 18.7 Å². The van der Waals surface area contributed by atoms with Gasteiger partial charge in [0.05, 0.1) is 25.6 Å². The van der Waals surface area contributed by atoms with Crippen LogP contribution in [0.25, 0.3) is 0 Å². The van der Waals surface area contributed by atoms with Crippen molar-refractivity contribution in [3.05, 3.63) is 65.5 Å². The van der Waals surface area contributed by atoms with Crippen molar-refractivity contribution >= 4 is 10.0 Å². The average molecular weight is 365 g/mol. The molecule has 1 saturated heterocycles. The predicted molar refractivity (Wildman–Crippen MR) is 92.3 cm³/mol. The first kappa shape index (κ1) is 17.8. The van der Waals surface area contributed by atoms with Crippen LogP contribution in [-0.2, 0) is 20.5 Å². The largest absolute Gasteiger partial charge is 0.497 e. The van der Waals surface area contributed by atoms with Crippen LogP contribution < -0.4 is 4.74 Å². The Bertz CT molecular complexity index is 806. The molecule has 25 heavy (non-hydrogen) atoms.